The third-order valence-corrected chi connectivity index (χ3v) is 7.63. The second kappa shape index (κ2) is 6.13. The molecule has 1 aliphatic heterocycles. The number of likely N-dealkylation sites (tertiary alicyclic amines) is 1. The normalized spacial score (nSPS) is 31.3. The summed E-state index contributed by atoms with van der Waals surface area (Å²) in [7, 11) is 0. The number of aromatic hydroxyl groups is 1. The molecule has 2 fully saturated rings. The Kier molecular flexibility index (Phi) is 3.86. The smallest absolute Gasteiger partial charge is 0.115 e. The highest BCUT2D eigenvalue weighted by Gasteiger charge is 2.52. The fraction of sp³-hybridized carbons (Fsp3) is 0.500. The van der Waals surface area contributed by atoms with E-state index in [1.165, 1.54) is 49.0 Å². The fourth-order valence-electron chi connectivity index (χ4n) is 5.96. The molecule has 1 heterocycles. The van der Waals surface area contributed by atoms with Crippen molar-refractivity contribution in [2.45, 2.75) is 50.5 Å². The molecule has 0 spiro atoms. The van der Waals surface area contributed by atoms with Crippen LogP contribution in [0.4, 0.5) is 0 Å². The van der Waals surface area contributed by atoms with E-state index in [4.69, 9.17) is 0 Å². The van der Waals surface area contributed by atoms with Crippen LogP contribution in [0.1, 0.15) is 49.3 Å². The average Bonchev–Trinajstić information content (AvgIpc) is 2.62. The number of piperidine rings is 1. The minimum atomic E-state index is 0.0361. The lowest BCUT2D eigenvalue weighted by molar-refractivity contribution is 0.0200. The molecule has 5 rings (SSSR count). The van der Waals surface area contributed by atoms with Crippen molar-refractivity contribution in [2.75, 3.05) is 13.1 Å². The van der Waals surface area contributed by atoms with Gasteiger partial charge in [0.05, 0.1) is 0 Å². The summed E-state index contributed by atoms with van der Waals surface area (Å²) in [6.07, 6.45) is 6.54. The van der Waals surface area contributed by atoms with Crippen LogP contribution in [-0.2, 0) is 11.8 Å². The standard InChI is InChI=1S/C24H29NO/c1-17-23-14-19-10-11-21(26)15-22(19)24(17,20-8-3-2-4-9-20)12-13-25(23)16-18-6-5-7-18/h2-4,8-11,15,17-18,23,26H,5-7,12-14,16H2,1H3/t17-,23-,24+/m1/s1. The van der Waals surface area contributed by atoms with E-state index in [1.807, 2.05) is 6.07 Å². The van der Waals surface area contributed by atoms with E-state index in [1.54, 1.807) is 0 Å². The zero-order valence-electron chi connectivity index (χ0n) is 15.7. The molecule has 0 radical (unpaired) electrons. The molecule has 136 valence electrons. The first kappa shape index (κ1) is 16.4. The first-order chi connectivity index (χ1) is 12.7. The van der Waals surface area contributed by atoms with E-state index in [-0.39, 0.29) is 5.41 Å². The van der Waals surface area contributed by atoms with Gasteiger partial charge >= 0.3 is 0 Å². The SMILES string of the molecule is C[C@@H]1[C@H]2Cc3ccc(O)cc3[C@@]1(c1ccccc1)CCN2CC1CCC1. The van der Waals surface area contributed by atoms with E-state index >= 15 is 0 Å². The van der Waals surface area contributed by atoms with E-state index in [0.29, 0.717) is 17.7 Å². The monoisotopic (exact) mass is 347 g/mol. The van der Waals surface area contributed by atoms with Crippen molar-refractivity contribution in [1.29, 1.82) is 0 Å². The molecule has 1 N–H and O–H groups in total. The maximum absolute atomic E-state index is 10.2. The minimum Gasteiger partial charge on any atom is -0.508 e. The zero-order valence-corrected chi connectivity index (χ0v) is 15.7. The highest BCUT2D eigenvalue weighted by Crippen LogP contribution is 2.53. The topological polar surface area (TPSA) is 23.5 Å². The van der Waals surface area contributed by atoms with Gasteiger partial charge in [0.25, 0.3) is 0 Å². The van der Waals surface area contributed by atoms with Gasteiger partial charge in [0.2, 0.25) is 0 Å². The molecule has 2 nitrogen and oxygen atoms in total. The summed E-state index contributed by atoms with van der Waals surface area (Å²) in [4.78, 5) is 2.80. The molecule has 0 unspecified atom stereocenters. The van der Waals surface area contributed by atoms with Gasteiger partial charge in [-0.15, -0.1) is 0 Å². The van der Waals surface area contributed by atoms with E-state index in [9.17, 15) is 5.11 Å². The lowest BCUT2D eigenvalue weighted by Gasteiger charge is -2.57. The highest BCUT2D eigenvalue weighted by atomic mass is 16.3. The Hall–Kier alpha value is -1.80. The second-order valence-electron chi connectivity index (χ2n) is 8.78. The molecule has 2 aliphatic carbocycles. The van der Waals surface area contributed by atoms with Gasteiger partial charge in [-0.1, -0.05) is 49.7 Å². The molecule has 0 amide bonds. The predicted molar refractivity (Wildman–Crippen MR) is 106 cm³/mol. The van der Waals surface area contributed by atoms with Crippen LogP contribution in [0.5, 0.6) is 5.75 Å². The third-order valence-electron chi connectivity index (χ3n) is 7.63. The van der Waals surface area contributed by atoms with Crippen molar-refractivity contribution < 1.29 is 5.11 Å². The number of benzene rings is 2. The van der Waals surface area contributed by atoms with Crippen molar-refractivity contribution in [3.8, 4) is 5.75 Å². The molecule has 2 aromatic rings. The summed E-state index contributed by atoms with van der Waals surface area (Å²) >= 11 is 0. The van der Waals surface area contributed by atoms with Gasteiger partial charge in [0, 0.05) is 18.0 Å². The van der Waals surface area contributed by atoms with Gasteiger partial charge in [0.15, 0.2) is 0 Å². The van der Waals surface area contributed by atoms with E-state index in [2.05, 4.69) is 54.3 Å². The van der Waals surface area contributed by atoms with Crippen LogP contribution in [0.2, 0.25) is 0 Å². The van der Waals surface area contributed by atoms with Gasteiger partial charge in [-0.25, -0.2) is 0 Å². The summed E-state index contributed by atoms with van der Waals surface area (Å²) in [6.45, 7) is 4.92. The van der Waals surface area contributed by atoms with Crippen molar-refractivity contribution in [2.24, 2.45) is 11.8 Å². The van der Waals surface area contributed by atoms with E-state index in [0.717, 1.165) is 18.8 Å². The molecule has 1 saturated heterocycles. The van der Waals surface area contributed by atoms with Crippen LogP contribution in [-0.4, -0.2) is 29.1 Å². The molecule has 3 atom stereocenters. The van der Waals surface area contributed by atoms with Gasteiger partial charge in [-0.2, -0.15) is 0 Å². The summed E-state index contributed by atoms with van der Waals surface area (Å²) < 4.78 is 0. The largest absolute Gasteiger partial charge is 0.508 e. The second-order valence-corrected chi connectivity index (χ2v) is 8.78. The van der Waals surface area contributed by atoms with Crippen LogP contribution in [0.15, 0.2) is 48.5 Å². The summed E-state index contributed by atoms with van der Waals surface area (Å²) in [5.74, 6) is 1.89. The van der Waals surface area contributed by atoms with Crippen molar-refractivity contribution in [3.05, 3.63) is 65.2 Å². The molecule has 1 saturated carbocycles. The Balaban J connectivity index is 1.61. The molecular formula is C24H29NO. The fourth-order valence-corrected chi connectivity index (χ4v) is 5.96. The number of phenolic OH excluding ortho intramolecular Hbond substituents is 1. The maximum Gasteiger partial charge on any atom is 0.115 e. The van der Waals surface area contributed by atoms with Gasteiger partial charge in [0.1, 0.15) is 5.75 Å². The number of fused-ring (bicyclic) bond motifs is 4. The molecular weight excluding hydrogens is 318 g/mol. The first-order valence-electron chi connectivity index (χ1n) is 10.3. The highest BCUT2D eigenvalue weighted by molar-refractivity contribution is 5.51. The lowest BCUT2D eigenvalue weighted by Crippen LogP contribution is -2.60. The maximum atomic E-state index is 10.2. The molecule has 2 heteroatoms. The van der Waals surface area contributed by atoms with Crippen molar-refractivity contribution in [1.82, 2.24) is 4.90 Å². The Morgan fingerprint density at radius 2 is 1.92 bits per heavy atom. The Bertz CT molecular complexity index is 797. The number of nitrogens with zero attached hydrogens (tertiary/aromatic N) is 1. The van der Waals surface area contributed by atoms with Gasteiger partial charge in [-0.05, 0) is 72.9 Å². The number of hydrogen-bond acceptors (Lipinski definition) is 2. The van der Waals surface area contributed by atoms with E-state index < -0.39 is 0 Å². The van der Waals surface area contributed by atoms with Crippen molar-refractivity contribution >= 4 is 0 Å². The molecule has 3 aliphatic rings. The van der Waals surface area contributed by atoms with Crippen LogP contribution < -0.4 is 0 Å². The number of hydrogen-bond donors (Lipinski definition) is 1. The summed E-state index contributed by atoms with van der Waals surface area (Å²) in [5.41, 5.74) is 4.27. The van der Waals surface area contributed by atoms with Crippen LogP contribution in [0.25, 0.3) is 0 Å². The summed E-state index contributed by atoms with van der Waals surface area (Å²) in [6, 6.07) is 17.8. The van der Waals surface area contributed by atoms with Crippen LogP contribution in [0.3, 0.4) is 0 Å². The third kappa shape index (κ3) is 2.35. The summed E-state index contributed by atoms with van der Waals surface area (Å²) in [5, 5.41) is 10.2. The Morgan fingerprint density at radius 3 is 2.65 bits per heavy atom. The van der Waals surface area contributed by atoms with Crippen molar-refractivity contribution in [3.63, 3.8) is 0 Å². The Morgan fingerprint density at radius 1 is 1.12 bits per heavy atom. The average molecular weight is 348 g/mol. The number of phenols is 1. The van der Waals surface area contributed by atoms with Gasteiger partial charge < -0.3 is 5.11 Å². The zero-order chi connectivity index (χ0) is 17.7. The van der Waals surface area contributed by atoms with Crippen LogP contribution in [0, 0.1) is 11.8 Å². The molecule has 26 heavy (non-hydrogen) atoms. The lowest BCUT2D eigenvalue weighted by atomic mass is 9.55. The first-order valence-corrected chi connectivity index (χ1v) is 10.3. The number of rotatable bonds is 3. The quantitative estimate of drug-likeness (QED) is 0.866. The molecule has 0 aromatic heterocycles. The Labute approximate surface area is 156 Å². The molecule has 2 aromatic carbocycles. The minimum absolute atomic E-state index is 0.0361. The van der Waals surface area contributed by atoms with Gasteiger partial charge in [-0.3, -0.25) is 4.90 Å². The molecule has 2 bridgehead atoms. The van der Waals surface area contributed by atoms with Crippen LogP contribution >= 0.6 is 0 Å². The predicted octanol–water partition coefficient (Wildman–Crippen LogP) is 4.74.